The van der Waals surface area contributed by atoms with Crippen molar-refractivity contribution in [3.05, 3.63) is 12.2 Å². The number of hydrogen-bond donors (Lipinski definition) is 3. The molecule has 4 rings (SSSR count). The van der Waals surface area contributed by atoms with Crippen molar-refractivity contribution in [3.63, 3.8) is 0 Å². The van der Waals surface area contributed by atoms with Crippen LogP contribution in [0.1, 0.15) is 188 Å². The molecule has 47 heavy (non-hydrogen) atoms. The zero-order valence-electron chi connectivity index (χ0n) is 31.3. The number of fused-ring (bicyclic) bond motifs is 5. The molecule has 3 N–H and O–H groups in total. The van der Waals surface area contributed by atoms with E-state index in [0.29, 0.717) is 35.6 Å². The summed E-state index contributed by atoms with van der Waals surface area (Å²) < 4.78 is 0. The van der Waals surface area contributed by atoms with Crippen LogP contribution in [-0.4, -0.2) is 24.9 Å². The highest BCUT2D eigenvalue weighted by Gasteiger charge is 2.59. The molecule has 0 aromatic carbocycles. The van der Waals surface area contributed by atoms with Gasteiger partial charge in [-0.1, -0.05) is 84.3 Å². The van der Waals surface area contributed by atoms with Gasteiger partial charge in [0, 0.05) is 25.9 Å². The normalized spacial score (nSPS) is 33.3. The molecule has 4 aliphatic carbocycles. The Bertz CT molecular complexity index is 966. The smallest absolute Gasteiger partial charge is 0.234 e. The zero-order valence-corrected chi connectivity index (χ0v) is 31.3. The van der Waals surface area contributed by atoms with Crippen LogP contribution in [0.5, 0.6) is 0 Å². The van der Waals surface area contributed by atoms with Gasteiger partial charge in [0.1, 0.15) is 0 Å². The topological polar surface area (TPSA) is 70.2 Å². The van der Waals surface area contributed by atoms with Crippen molar-refractivity contribution >= 4 is 11.8 Å². The Kier molecular flexibility index (Phi) is 16.1. The second-order valence-corrected chi connectivity index (χ2v) is 17.0. The molecule has 4 saturated carbocycles. The second kappa shape index (κ2) is 19.7. The Morgan fingerprint density at radius 3 is 2.04 bits per heavy atom. The summed E-state index contributed by atoms with van der Waals surface area (Å²) in [7, 11) is 1.76. The lowest BCUT2D eigenvalue weighted by Crippen LogP contribution is -2.55. The van der Waals surface area contributed by atoms with Crippen LogP contribution in [0.2, 0.25) is 0 Å². The number of hydrogen-bond acceptors (Lipinski definition) is 3. The van der Waals surface area contributed by atoms with Crippen molar-refractivity contribution in [3.8, 4) is 0 Å². The minimum atomic E-state index is 0.122. The molecule has 0 bridgehead atoms. The van der Waals surface area contributed by atoms with E-state index >= 15 is 0 Å². The predicted octanol–water partition coefficient (Wildman–Crippen LogP) is 10.6. The third kappa shape index (κ3) is 10.8. The molecule has 0 spiro atoms. The van der Waals surface area contributed by atoms with E-state index in [0.717, 1.165) is 42.4 Å². The number of hydrazine groups is 1. The highest BCUT2D eigenvalue weighted by molar-refractivity contribution is 5.76. The fourth-order valence-corrected chi connectivity index (χ4v) is 11.3. The minimum Gasteiger partial charge on any atom is -0.353 e. The second-order valence-electron chi connectivity index (χ2n) is 17.0. The molecule has 0 heterocycles. The van der Waals surface area contributed by atoms with E-state index in [1.54, 1.807) is 7.05 Å². The van der Waals surface area contributed by atoms with Gasteiger partial charge in [0.15, 0.2) is 0 Å². The summed E-state index contributed by atoms with van der Waals surface area (Å²) in [4.78, 5) is 24.9. The standard InChI is InChI=1S/C42H75N3O2/c1-5-6-7-8-9-10-11-12-13-14-15-16-17-18-19-22-39(46)44-35-28-30-42(3)34(32-35)24-26-36-37-27-25-33(21-20-23-40(47)45-43-4)41(37,2)31-29-38(36)42/h12-13,33-38,43H,5-11,14-32H2,1-4H3,(H,44,46)(H,45,47)/b13-12-. The maximum atomic E-state index is 12.9. The number of rotatable bonds is 21. The van der Waals surface area contributed by atoms with Gasteiger partial charge in [-0.2, -0.15) is 0 Å². The van der Waals surface area contributed by atoms with Crippen LogP contribution in [0.4, 0.5) is 0 Å². The molecular weight excluding hydrogens is 578 g/mol. The SMILES string of the molecule is CCCCCCCC/C=C\CCCCCCCC(=O)NC1CCC2(C)C(CCC3C4CCC(CCCC(=O)NNC)C4(C)CCC32)C1. The van der Waals surface area contributed by atoms with Crippen molar-refractivity contribution in [2.75, 3.05) is 7.05 Å². The largest absolute Gasteiger partial charge is 0.353 e. The Morgan fingerprint density at radius 2 is 1.32 bits per heavy atom. The van der Waals surface area contributed by atoms with E-state index in [4.69, 9.17) is 0 Å². The first-order chi connectivity index (χ1) is 22.8. The van der Waals surface area contributed by atoms with E-state index in [2.05, 4.69) is 49.1 Å². The van der Waals surface area contributed by atoms with Gasteiger partial charge in [0.25, 0.3) is 0 Å². The molecule has 5 heteroatoms. The van der Waals surface area contributed by atoms with Gasteiger partial charge < -0.3 is 5.32 Å². The molecule has 270 valence electrons. The highest BCUT2D eigenvalue weighted by Crippen LogP contribution is 2.67. The van der Waals surface area contributed by atoms with Gasteiger partial charge in [0.05, 0.1) is 0 Å². The van der Waals surface area contributed by atoms with Gasteiger partial charge in [-0.15, -0.1) is 0 Å². The number of nitrogens with one attached hydrogen (secondary N) is 3. The lowest BCUT2D eigenvalue weighted by molar-refractivity contribution is -0.127. The van der Waals surface area contributed by atoms with E-state index < -0.39 is 0 Å². The van der Waals surface area contributed by atoms with Crippen LogP contribution in [0, 0.1) is 40.4 Å². The summed E-state index contributed by atoms with van der Waals surface area (Å²) in [6.07, 6.45) is 37.2. The van der Waals surface area contributed by atoms with Crippen molar-refractivity contribution in [2.24, 2.45) is 40.4 Å². The quantitative estimate of drug-likeness (QED) is 0.0656. The zero-order chi connectivity index (χ0) is 33.5. The molecule has 0 aliphatic heterocycles. The van der Waals surface area contributed by atoms with E-state index in [9.17, 15) is 9.59 Å². The maximum Gasteiger partial charge on any atom is 0.234 e. The Hall–Kier alpha value is -1.36. The first kappa shape index (κ1) is 38.4. The average Bonchev–Trinajstić information content (AvgIpc) is 3.39. The fraction of sp³-hybridized carbons (Fsp3) is 0.905. The lowest BCUT2D eigenvalue weighted by Gasteiger charge is -2.61. The molecular formula is C42H75N3O2. The molecule has 0 saturated heterocycles. The van der Waals surface area contributed by atoms with Crippen LogP contribution >= 0.6 is 0 Å². The van der Waals surface area contributed by atoms with E-state index in [1.807, 2.05) is 0 Å². The first-order valence-corrected chi connectivity index (χ1v) is 20.7. The van der Waals surface area contributed by atoms with Crippen molar-refractivity contribution in [2.45, 2.75) is 194 Å². The van der Waals surface area contributed by atoms with Crippen LogP contribution in [0.15, 0.2) is 12.2 Å². The van der Waals surface area contributed by atoms with Crippen LogP contribution in [0.3, 0.4) is 0 Å². The van der Waals surface area contributed by atoms with Crippen LogP contribution in [0.25, 0.3) is 0 Å². The monoisotopic (exact) mass is 654 g/mol. The average molecular weight is 654 g/mol. The molecule has 8 atom stereocenters. The van der Waals surface area contributed by atoms with Gasteiger partial charge in [0.2, 0.25) is 11.8 Å². The lowest BCUT2D eigenvalue weighted by atomic mass is 9.44. The van der Waals surface area contributed by atoms with Crippen molar-refractivity contribution < 1.29 is 9.59 Å². The molecule has 4 aliphatic rings. The summed E-state index contributed by atoms with van der Waals surface area (Å²) in [6, 6.07) is 0.394. The van der Waals surface area contributed by atoms with Gasteiger partial charge in [-0.05, 0) is 143 Å². The third-order valence-corrected chi connectivity index (χ3v) is 14.1. The highest BCUT2D eigenvalue weighted by atomic mass is 16.2. The van der Waals surface area contributed by atoms with Crippen molar-refractivity contribution in [1.29, 1.82) is 0 Å². The number of carbonyl (C=O) groups excluding carboxylic acids is 2. The molecule has 2 amide bonds. The van der Waals surface area contributed by atoms with Crippen LogP contribution < -0.4 is 16.2 Å². The van der Waals surface area contributed by atoms with Gasteiger partial charge in [-0.25, -0.2) is 5.43 Å². The summed E-state index contributed by atoms with van der Waals surface area (Å²) in [6.45, 7) is 7.55. The third-order valence-electron chi connectivity index (χ3n) is 14.1. The maximum absolute atomic E-state index is 12.9. The number of unbranched alkanes of at least 4 members (excludes halogenated alkanes) is 11. The number of carbonyl (C=O) groups is 2. The molecule has 8 unspecified atom stereocenters. The Morgan fingerprint density at radius 1 is 0.681 bits per heavy atom. The summed E-state index contributed by atoms with van der Waals surface area (Å²) in [5, 5.41) is 3.49. The molecule has 0 aromatic rings. The van der Waals surface area contributed by atoms with Gasteiger partial charge in [-0.3, -0.25) is 15.0 Å². The number of amides is 2. The minimum absolute atomic E-state index is 0.122. The van der Waals surface area contributed by atoms with E-state index in [1.165, 1.54) is 141 Å². The van der Waals surface area contributed by atoms with Gasteiger partial charge >= 0.3 is 0 Å². The summed E-state index contributed by atoms with van der Waals surface area (Å²) in [5.74, 6) is 4.62. The molecule has 4 fully saturated rings. The fourth-order valence-electron chi connectivity index (χ4n) is 11.3. The van der Waals surface area contributed by atoms with Crippen LogP contribution in [-0.2, 0) is 9.59 Å². The number of allylic oxidation sites excluding steroid dienone is 2. The molecule has 0 radical (unpaired) electrons. The summed E-state index contributed by atoms with van der Waals surface area (Å²) in [5.41, 5.74) is 6.43. The first-order valence-electron chi connectivity index (χ1n) is 20.7. The summed E-state index contributed by atoms with van der Waals surface area (Å²) >= 11 is 0. The van der Waals surface area contributed by atoms with Crippen molar-refractivity contribution in [1.82, 2.24) is 16.2 Å². The van der Waals surface area contributed by atoms with E-state index in [-0.39, 0.29) is 5.91 Å². The molecule has 5 nitrogen and oxygen atoms in total. The Balaban J connectivity index is 1.09. The Labute approximate surface area is 290 Å². The predicted molar refractivity (Wildman–Crippen MR) is 198 cm³/mol. The molecule has 0 aromatic heterocycles.